The second-order valence-corrected chi connectivity index (χ2v) is 10.1. The lowest BCUT2D eigenvalue weighted by molar-refractivity contribution is -0.157. The molecule has 4 heterocycles. The van der Waals surface area contributed by atoms with E-state index in [0.717, 1.165) is 45.1 Å². The molecule has 0 spiro atoms. The molecule has 10 atom stereocenters. The summed E-state index contributed by atoms with van der Waals surface area (Å²) in [4.78, 5) is 26.9. The van der Waals surface area contributed by atoms with E-state index >= 15 is 0 Å². The van der Waals surface area contributed by atoms with Crippen molar-refractivity contribution in [1.82, 2.24) is 4.90 Å². The van der Waals surface area contributed by atoms with Gasteiger partial charge in [0.1, 0.15) is 12.2 Å². The number of fused-ring (bicyclic) bond motifs is 5. The normalized spacial score (nSPS) is 53.4. The zero-order chi connectivity index (χ0) is 19.8. The van der Waals surface area contributed by atoms with Gasteiger partial charge in [-0.05, 0) is 63.8 Å². The van der Waals surface area contributed by atoms with Gasteiger partial charge in [0.05, 0.1) is 5.92 Å². The average molecular weight is 392 g/mol. The molecule has 6 heteroatoms. The van der Waals surface area contributed by atoms with E-state index in [1.165, 1.54) is 0 Å². The molecule has 5 aliphatic rings. The van der Waals surface area contributed by atoms with Gasteiger partial charge < -0.3 is 14.6 Å². The molecule has 5 fully saturated rings. The molecule has 4 aliphatic heterocycles. The van der Waals surface area contributed by atoms with Crippen LogP contribution < -0.4 is 0 Å². The maximum absolute atomic E-state index is 12.3. The van der Waals surface area contributed by atoms with Gasteiger partial charge in [-0.3, -0.25) is 9.69 Å². The van der Waals surface area contributed by atoms with E-state index in [9.17, 15) is 14.7 Å². The molecule has 0 aromatic rings. The fourth-order valence-electron chi connectivity index (χ4n) is 7.58. The van der Waals surface area contributed by atoms with Crippen LogP contribution in [0.15, 0.2) is 0 Å². The van der Waals surface area contributed by atoms with Crippen LogP contribution in [0.3, 0.4) is 0 Å². The van der Waals surface area contributed by atoms with Crippen LogP contribution in [0.2, 0.25) is 0 Å². The summed E-state index contributed by atoms with van der Waals surface area (Å²) >= 11 is 0. The number of nitrogens with zero attached hydrogens (tertiary/aromatic N) is 1. The Balaban J connectivity index is 1.44. The van der Waals surface area contributed by atoms with Gasteiger partial charge in [-0.2, -0.15) is 0 Å². The monoisotopic (exact) mass is 391 g/mol. The summed E-state index contributed by atoms with van der Waals surface area (Å²) in [5, 5.41) is 11.0. The van der Waals surface area contributed by atoms with Gasteiger partial charge in [-0.15, -0.1) is 0 Å². The van der Waals surface area contributed by atoms with Crippen LogP contribution in [0, 0.1) is 29.6 Å². The van der Waals surface area contributed by atoms with Crippen LogP contribution in [-0.2, 0) is 19.1 Å². The van der Waals surface area contributed by atoms with E-state index in [1.54, 1.807) is 6.92 Å². The highest BCUT2D eigenvalue weighted by Crippen LogP contribution is 2.59. The van der Waals surface area contributed by atoms with Crippen molar-refractivity contribution >= 4 is 11.9 Å². The third-order valence-corrected chi connectivity index (χ3v) is 8.70. The van der Waals surface area contributed by atoms with E-state index in [4.69, 9.17) is 9.47 Å². The van der Waals surface area contributed by atoms with E-state index < -0.39 is 11.6 Å². The molecule has 0 bridgehead atoms. The number of esters is 2. The molecule has 1 saturated carbocycles. The topological polar surface area (TPSA) is 76.1 Å². The molecule has 1 N–H and O–H groups in total. The Hall–Kier alpha value is -1.14. The maximum atomic E-state index is 12.3. The molecule has 0 aromatic carbocycles. The highest BCUT2D eigenvalue weighted by atomic mass is 16.6. The third-order valence-electron chi connectivity index (χ3n) is 8.70. The maximum Gasteiger partial charge on any atom is 0.338 e. The van der Waals surface area contributed by atoms with Crippen LogP contribution in [0.1, 0.15) is 59.3 Å². The highest BCUT2D eigenvalue weighted by Gasteiger charge is 2.67. The summed E-state index contributed by atoms with van der Waals surface area (Å²) in [6.07, 6.45) is 5.95. The van der Waals surface area contributed by atoms with Gasteiger partial charge in [-0.25, -0.2) is 4.79 Å². The minimum Gasteiger partial charge on any atom is -0.460 e. The van der Waals surface area contributed by atoms with E-state index in [0.29, 0.717) is 29.8 Å². The van der Waals surface area contributed by atoms with Crippen LogP contribution in [0.5, 0.6) is 0 Å². The Morgan fingerprint density at radius 3 is 2.61 bits per heavy atom. The molecule has 0 amide bonds. The van der Waals surface area contributed by atoms with Gasteiger partial charge in [0.15, 0.2) is 5.60 Å². The van der Waals surface area contributed by atoms with Gasteiger partial charge in [0, 0.05) is 23.9 Å². The van der Waals surface area contributed by atoms with Crippen molar-refractivity contribution in [2.24, 2.45) is 29.6 Å². The Morgan fingerprint density at radius 2 is 1.93 bits per heavy atom. The largest absolute Gasteiger partial charge is 0.460 e. The number of rotatable bonds is 2. The van der Waals surface area contributed by atoms with Gasteiger partial charge >= 0.3 is 11.9 Å². The number of carbonyl (C=O) groups excluding carboxylic acids is 2. The number of hydrogen-bond acceptors (Lipinski definition) is 6. The molecular formula is C22H33NO5. The van der Waals surface area contributed by atoms with E-state index in [2.05, 4.69) is 11.8 Å². The number of aliphatic hydroxyl groups is 1. The molecule has 0 radical (unpaired) electrons. The Labute approximate surface area is 166 Å². The molecule has 5 rings (SSSR count). The zero-order valence-corrected chi connectivity index (χ0v) is 17.2. The minimum absolute atomic E-state index is 0.00696. The predicted octanol–water partition coefficient (Wildman–Crippen LogP) is 2.13. The highest BCUT2D eigenvalue weighted by molar-refractivity contribution is 5.82. The summed E-state index contributed by atoms with van der Waals surface area (Å²) in [6, 6.07) is 0.760. The van der Waals surface area contributed by atoms with Gasteiger partial charge in [0.2, 0.25) is 0 Å². The lowest BCUT2D eigenvalue weighted by atomic mass is 9.75. The van der Waals surface area contributed by atoms with Crippen molar-refractivity contribution in [2.45, 2.75) is 89.2 Å². The molecular weight excluding hydrogens is 358 g/mol. The molecule has 156 valence electrons. The van der Waals surface area contributed by atoms with Crippen molar-refractivity contribution in [3.05, 3.63) is 0 Å². The summed E-state index contributed by atoms with van der Waals surface area (Å²) in [5.74, 6) is 0.521. The summed E-state index contributed by atoms with van der Waals surface area (Å²) in [6.45, 7) is 6.84. The van der Waals surface area contributed by atoms with Crippen molar-refractivity contribution < 1.29 is 24.2 Å². The second-order valence-electron chi connectivity index (χ2n) is 10.1. The van der Waals surface area contributed by atoms with Crippen molar-refractivity contribution in [2.75, 3.05) is 6.54 Å². The fourth-order valence-corrected chi connectivity index (χ4v) is 7.58. The average Bonchev–Trinajstić information content (AvgIpc) is 3.31. The molecule has 1 aliphatic carbocycles. The first kappa shape index (κ1) is 18.9. The number of cyclic esters (lactones) is 1. The molecule has 4 saturated heterocycles. The summed E-state index contributed by atoms with van der Waals surface area (Å²) in [5.41, 5.74) is -1.36. The van der Waals surface area contributed by atoms with Gasteiger partial charge in [0.25, 0.3) is 0 Å². The van der Waals surface area contributed by atoms with Crippen LogP contribution in [0.4, 0.5) is 0 Å². The lowest BCUT2D eigenvalue weighted by Gasteiger charge is -2.38. The third kappa shape index (κ3) is 2.46. The molecule has 28 heavy (non-hydrogen) atoms. The minimum atomic E-state index is -1.36. The number of hydrogen-bond donors (Lipinski definition) is 1. The second kappa shape index (κ2) is 6.43. The van der Waals surface area contributed by atoms with Crippen LogP contribution in [0.25, 0.3) is 0 Å². The Kier molecular flexibility index (Phi) is 4.33. The van der Waals surface area contributed by atoms with Crippen LogP contribution >= 0.6 is 0 Å². The molecule has 6 nitrogen and oxygen atoms in total. The number of carbonyl (C=O) groups is 2. The smallest absolute Gasteiger partial charge is 0.338 e. The quantitative estimate of drug-likeness (QED) is 0.727. The van der Waals surface area contributed by atoms with Gasteiger partial charge in [-0.1, -0.05) is 13.8 Å². The standard InChI is InChI=1S/C22H33NO5/c1-4-12-17-13(18-19(12)28-21(25)22(18,3)26)6-5-9-23-14(7-8-15(17)23)16-10-11(2)20(24)27-16/h11-19,26H,4-10H2,1-3H3/t11-,12-,13+,14-,15-,16-,17-,18-,19+,22+/m0/s1. The lowest BCUT2D eigenvalue weighted by Crippen LogP contribution is -2.47. The van der Waals surface area contributed by atoms with Crippen molar-refractivity contribution in [1.29, 1.82) is 0 Å². The predicted molar refractivity (Wildman–Crippen MR) is 101 cm³/mol. The molecule has 0 unspecified atom stereocenters. The van der Waals surface area contributed by atoms with E-state index in [-0.39, 0.29) is 30.0 Å². The summed E-state index contributed by atoms with van der Waals surface area (Å²) < 4.78 is 11.5. The summed E-state index contributed by atoms with van der Waals surface area (Å²) in [7, 11) is 0. The first-order valence-electron chi connectivity index (χ1n) is 11.2. The SMILES string of the molecule is CC[C@@H]1[C@H]2OC(=O)[C@](C)(O)[C@H]2[C@@H]2CCCN3[C@@H](CC[C@H]3[C@@H]3C[C@H](C)C(=O)O3)[C@@H]12. The Morgan fingerprint density at radius 1 is 1.18 bits per heavy atom. The zero-order valence-electron chi connectivity index (χ0n) is 17.2. The van der Waals surface area contributed by atoms with Crippen molar-refractivity contribution in [3.63, 3.8) is 0 Å². The van der Waals surface area contributed by atoms with Crippen LogP contribution in [-0.4, -0.2) is 58.4 Å². The van der Waals surface area contributed by atoms with Crippen molar-refractivity contribution in [3.8, 4) is 0 Å². The Bertz CT molecular complexity index is 678. The number of ether oxygens (including phenoxy) is 2. The molecule has 0 aromatic heterocycles. The first-order valence-corrected chi connectivity index (χ1v) is 11.2. The van der Waals surface area contributed by atoms with E-state index in [1.807, 2.05) is 6.92 Å². The fraction of sp³-hybridized carbons (Fsp3) is 0.909. The first-order chi connectivity index (χ1) is 13.3.